The molecule has 6 heteroatoms. The van der Waals surface area contributed by atoms with Crippen LogP contribution in [0.2, 0.25) is 0 Å². The van der Waals surface area contributed by atoms with Crippen LogP contribution in [-0.4, -0.2) is 51.1 Å². The Labute approximate surface area is 180 Å². The highest BCUT2D eigenvalue weighted by molar-refractivity contribution is 14.0. The molecule has 1 saturated heterocycles. The first kappa shape index (κ1) is 22.0. The molecular weight excluding hydrogens is 455 g/mol. The number of aliphatic imine (C=N–C) groups is 1. The second-order valence-corrected chi connectivity index (χ2v) is 8.82. The smallest absolute Gasteiger partial charge is 0.191 e. The van der Waals surface area contributed by atoms with Gasteiger partial charge in [0.05, 0.1) is 0 Å². The number of guanidine groups is 1. The van der Waals surface area contributed by atoms with Gasteiger partial charge >= 0.3 is 0 Å². The zero-order valence-corrected chi connectivity index (χ0v) is 19.4. The summed E-state index contributed by atoms with van der Waals surface area (Å²) in [5.74, 6) is 1.75. The van der Waals surface area contributed by atoms with Crippen molar-refractivity contribution < 1.29 is 0 Å². The van der Waals surface area contributed by atoms with Gasteiger partial charge in [-0.2, -0.15) is 0 Å². The Morgan fingerprint density at radius 3 is 2.58 bits per heavy atom. The van der Waals surface area contributed by atoms with E-state index in [1.54, 1.807) is 4.88 Å². The summed E-state index contributed by atoms with van der Waals surface area (Å²) in [6, 6.07) is 4.52. The van der Waals surface area contributed by atoms with Crippen molar-refractivity contribution in [2.24, 2.45) is 10.9 Å². The third-order valence-electron chi connectivity index (χ3n) is 6.07. The average Bonchev–Trinajstić information content (AvgIpc) is 3.19. The molecule has 148 valence electrons. The number of halogens is 1. The first-order valence-corrected chi connectivity index (χ1v) is 10.8. The largest absolute Gasteiger partial charge is 0.356 e. The Kier molecular flexibility index (Phi) is 9.17. The molecule has 3 rings (SSSR count). The third kappa shape index (κ3) is 5.83. The van der Waals surface area contributed by atoms with Crippen molar-refractivity contribution in [2.75, 3.05) is 40.3 Å². The van der Waals surface area contributed by atoms with Crippen LogP contribution in [0.4, 0.5) is 0 Å². The molecular formula is C20H35IN4S. The minimum Gasteiger partial charge on any atom is -0.356 e. The summed E-state index contributed by atoms with van der Waals surface area (Å²) in [4.78, 5) is 8.45. The predicted molar refractivity (Wildman–Crippen MR) is 124 cm³/mol. The molecule has 2 heterocycles. The van der Waals surface area contributed by atoms with Gasteiger partial charge in [0.15, 0.2) is 5.96 Å². The molecule has 2 N–H and O–H groups in total. The van der Waals surface area contributed by atoms with E-state index in [0.717, 1.165) is 25.0 Å². The van der Waals surface area contributed by atoms with Crippen LogP contribution in [0.25, 0.3) is 0 Å². The van der Waals surface area contributed by atoms with Gasteiger partial charge < -0.3 is 15.5 Å². The maximum atomic E-state index is 4.47. The van der Waals surface area contributed by atoms with Crippen molar-refractivity contribution in [1.82, 2.24) is 15.5 Å². The number of thiophene rings is 1. The summed E-state index contributed by atoms with van der Waals surface area (Å²) in [7, 11) is 4.11. The first-order valence-electron chi connectivity index (χ1n) is 9.89. The summed E-state index contributed by atoms with van der Waals surface area (Å²) in [6.07, 6.45) is 9.26. The fourth-order valence-corrected chi connectivity index (χ4v) is 5.29. The minimum absolute atomic E-state index is 0. The molecule has 1 aliphatic heterocycles. The van der Waals surface area contributed by atoms with Crippen molar-refractivity contribution >= 4 is 41.3 Å². The second-order valence-electron chi connectivity index (χ2n) is 7.87. The van der Waals surface area contributed by atoms with Gasteiger partial charge in [0.2, 0.25) is 0 Å². The number of hydrogen-bond acceptors (Lipinski definition) is 3. The van der Waals surface area contributed by atoms with Crippen LogP contribution < -0.4 is 10.6 Å². The lowest BCUT2D eigenvalue weighted by Crippen LogP contribution is -2.47. The monoisotopic (exact) mass is 490 g/mol. The second kappa shape index (κ2) is 10.9. The number of piperidine rings is 1. The van der Waals surface area contributed by atoms with Gasteiger partial charge in [0, 0.05) is 30.4 Å². The summed E-state index contributed by atoms with van der Waals surface area (Å²) in [5.41, 5.74) is 0.303. The van der Waals surface area contributed by atoms with Gasteiger partial charge in [-0.25, -0.2) is 0 Å². The molecule has 1 aromatic heterocycles. The van der Waals surface area contributed by atoms with E-state index in [4.69, 9.17) is 0 Å². The van der Waals surface area contributed by atoms with E-state index in [-0.39, 0.29) is 24.0 Å². The summed E-state index contributed by atoms with van der Waals surface area (Å²) in [5, 5.41) is 9.45. The molecule has 0 atom stereocenters. The minimum atomic E-state index is 0. The van der Waals surface area contributed by atoms with Crippen molar-refractivity contribution in [1.29, 1.82) is 0 Å². The Hall–Kier alpha value is -0.340. The molecule has 0 unspecified atom stereocenters. The maximum absolute atomic E-state index is 4.47. The van der Waals surface area contributed by atoms with Gasteiger partial charge in [-0.15, -0.1) is 35.3 Å². The van der Waals surface area contributed by atoms with E-state index in [0.29, 0.717) is 5.41 Å². The van der Waals surface area contributed by atoms with Gasteiger partial charge in [-0.1, -0.05) is 25.3 Å². The van der Waals surface area contributed by atoms with Crippen molar-refractivity contribution in [3.63, 3.8) is 0 Å². The zero-order valence-electron chi connectivity index (χ0n) is 16.3. The topological polar surface area (TPSA) is 39.7 Å². The van der Waals surface area contributed by atoms with E-state index in [9.17, 15) is 0 Å². The highest BCUT2D eigenvalue weighted by atomic mass is 127. The molecule has 0 spiro atoms. The van der Waals surface area contributed by atoms with Crippen LogP contribution in [0.3, 0.4) is 0 Å². The van der Waals surface area contributed by atoms with E-state index in [2.05, 4.69) is 45.1 Å². The summed E-state index contributed by atoms with van der Waals surface area (Å²) < 4.78 is 0. The molecule has 1 aromatic rings. The number of rotatable bonds is 5. The Balaban J connectivity index is 0.00000243. The number of nitrogens with zero attached hydrogens (tertiary/aromatic N) is 2. The Morgan fingerprint density at radius 2 is 1.96 bits per heavy atom. The number of nitrogens with one attached hydrogen (secondary N) is 2. The van der Waals surface area contributed by atoms with Crippen LogP contribution in [0.5, 0.6) is 0 Å². The molecule has 1 saturated carbocycles. The molecule has 4 nitrogen and oxygen atoms in total. The van der Waals surface area contributed by atoms with Crippen LogP contribution in [0.15, 0.2) is 22.5 Å². The Morgan fingerprint density at radius 1 is 1.23 bits per heavy atom. The average molecular weight is 490 g/mol. The van der Waals surface area contributed by atoms with E-state index in [1.807, 2.05) is 18.4 Å². The fourth-order valence-electron chi connectivity index (χ4n) is 4.30. The lowest BCUT2D eigenvalue weighted by atomic mass is 9.73. The summed E-state index contributed by atoms with van der Waals surface area (Å²) >= 11 is 1.92. The van der Waals surface area contributed by atoms with Gasteiger partial charge in [-0.3, -0.25) is 4.99 Å². The number of hydrogen-bond donors (Lipinski definition) is 2. The van der Waals surface area contributed by atoms with E-state index >= 15 is 0 Å². The molecule has 2 aliphatic rings. The van der Waals surface area contributed by atoms with Gasteiger partial charge in [0.25, 0.3) is 0 Å². The molecule has 2 fully saturated rings. The normalized spacial score (nSPS) is 21.8. The van der Waals surface area contributed by atoms with Gasteiger partial charge in [-0.05, 0) is 63.2 Å². The van der Waals surface area contributed by atoms with Crippen molar-refractivity contribution in [2.45, 2.75) is 50.4 Å². The molecule has 1 aliphatic carbocycles. The first-order chi connectivity index (χ1) is 12.2. The lowest BCUT2D eigenvalue weighted by molar-refractivity contribution is 0.220. The van der Waals surface area contributed by atoms with Crippen LogP contribution in [0, 0.1) is 5.92 Å². The molecule has 0 aromatic carbocycles. The van der Waals surface area contributed by atoms with Crippen molar-refractivity contribution in [3.8, 4) is 0 Å². The quantitative estimate of drug-likeness (QED) is 0.371. The standard InChI is InChI=1S/C20H34N4S.HI/c1-21-19(22-15-17-8-12-24(2)13-9-17)23-16-20(10-4-3-5-11-20)18-7-6-14-25-18;/h6-7,14,17H,3-5,8-13,15-16H2,1-2H3,(H2,21,22,23);1H. The molecule has 26 heavy (non-hydrogen) atoms. The fraction of sp³-hybridized carbons (Fsp3) is 0.750. The van der Waals surface area contributed by atoms with Gasteiger partial charge in [0.1, 0.15) is 0 Å². The molecule has 0 bridgehead atoms. The van der Waals surface area contributed by atoms with E-state index in [1.165, 1.54) is 58.0 Å². The highest BCUT2D eigenvalue weighted by Gasteiger charge is 2.34. The van der Waals surface area contributed by atoms with Crippen LogP contribution in [-0.2, 0) is 5.41 Å². The van der Waals surface area contributed by atoms with Crippen LogP contribution in [0.1, 0.15) is 49.8 Å². The zero-order chi connectivity index (χ0) is 17.5. The SMILES string of the molecule is CN=C(NCC1CCN(C)CC1)NCC1(c2cccs2)CCCCC1.I. The molecule has 0 radical (unpaired) electrons. The predicted octanol–water partition coefficient (Wildman–Crippen LogP) is 4.07. The highest BCUT2D eigenvalue weighted by Crippen LogP contribution is 2.41. The molecule has 0 amide bonds. The third-order valence-corrected chi connectivity index (χ3v) is 7.18. The van der Waals surface area contributed by atoms with E-state index < -0.39 is 0 Å². The summed E-state index contributed by atoms with van der Waals surface area (Å²) in [6.45, 7) is 4.49. The van der Waals surface area contributed by atoms with Crippen molar-refractivity contribution in [3.05, 3.63) is 22.4 Å². The maximum Gasteiger partial charge on any atom is 0.191 e. The Bertz CT molecular complexity index is 532. The number of likely N-dealkylation sites (tertiary alicyclic amines) is 1. The lowest BCUT2D eigenvalue weighted by Gasteiger charge is -2.37. The van der Waals surface area contributed by atoms with Crippen LogP contribution >= 0.6 is 35.3 Å².